The van der Waals surface area contributed by atoms with Gasteiger partial charge in [0.2, 0.25) is 5.76 Å². The highest BCUT2D eigenvalue weighted by Gasteiger charge is 2.28. The maximum absolute atomic E-state index is 12.6. The molecule has 6 heteroatoms. The van der Waals surface area contributed by atoms with Crippen molar-refractivity contribution in [2.45, 2.75) is 39.0 Å². The molecule has 2 aromatic heterocycles. The molecule has 1 saturated heterocycles. The first-order valence-corrected chi connectivity index (χ1v) is 7.87. The molecule has 1 aliphatic rings. The number of imidazole rings is 1. The third-order valence-electron chi connectivity index (χ3n) is 4.00. The number of amides is 1. The van der Waals surface area contributed by atoms with Crippen LogP contribution in [0.1, 0.15) is 54.7 Å². The Morgan fingerprint density at radius 1 is 1.55 bits per heavy atom. The Morgan fingerprint density at radius 2 is 2.41 bits per heavy atom. The number of likely N-dealkylation sites (tertiary alicyclic amines) is 1. The summed E-state index contributed by atoms with van der Waals surface area (Å²) in [5, 5.41) is 4.00. The molecular weight excluding hydrogens is 280 g/mol. The number of piperidine rings is 1. The van der Waals surface area contributed by atoms with Crippen molar-refractivity contribution in [2.24, 2.45) is 5.92 Å². The summed E-state index contributed by atoms with van der Waals surface area (Å²) in [5.74, 6) is 1.99. The van der Waals surface area contributed by atoms with Gasteiger partial charge in [0.15, 0.2) is 0 Å². The van der Waals surface area contributed by atoms with Crippen molar-refractivity contribution in [1.82, 2.24) is 20.0 Å². The van der Waals surface area contributed by atoms with E-state index in [0.717, 1.165) is 37.3 Å². The summed E-state index contributed by atoms with van der Waals surface area (Å²) in [4.78, 5) is 21.9. The first-order chi connectivity index (χ1) is 10.6. The van der Waals surface area contributed by atoms with Gasteiger partial charge in [-0.05, 0) is 25.2 Å². The molecule has 0 radical (unpaired) electrons. The Morgan fingerprint density at radius 3 is 3.14 bits per heavy atom. The Bertz CT molecular complexity index is 618. The Kier molecular flexibility index (Phi) is 4.27. The molecule has 1 atom stereocenters. The Hall–Kier alpha value is -2.11. The second-order valence-electron chi connectivity index (χ2n) is 6.35. The van der Waals surface area contributed by atoms with Gasteiger partial charge in [-0.2, -0.15) is 0 Å². The number of nitrogens with one attached hydrogen (secondary N) is 1. The topological polar surface area (TPSA) is 75.0 Å². The molecule has 118 valence electrons. The third kappa shape index (κ3) is 3.21. The van der Waals surface area contributed by atoms with Gasteiger partial charge < -0.3 is 14.4 Å². The molecule has 0 aromatic carbocycles. The van der Waals surface area contributed by atoms with Gasteiger partial charge in [0, 0.05) is 37.5 Å². The van der Waals surface area contributed by atoms with Crippen LogP contribution in [-0.4, -0.2) is 39.0 Å². The van der Waals surface area contributed by atoms with Crippen LogP contribution in [0.15, 0.2) is 23.0 Å². The zero-order valence-corrected chi connectivity index (χ0v) is 13.1. The van der Waals surface area contributed by atoms with E-state index in [9.17, 15) is 4.79 Å². The van der Waals surface area contributed by atoms with Gasteiger partial charge in [-0.3, -0.25) is 4.79 Å². The van der Waals surface area contributed by atoms with Crippen molar-refractivity contribution in [3.05, 3.63) is 35.7 Å². The third-order valence-corrected chi connectivity index (χ3v) is 4.00. The minimum atomic E-state index is -0.0706. The predicted molar refractivity (Wildman–Crippen MR) is 81.5 cm³/mol. The molecule has 1 aliphatic heterocycles. The molecule has 22 heavy (non-hydrogen) atoms. The van der Waals surface area contributed by atoms with E-state index < -0.39 is 0 Å². The van der Waals surface area contributed by atoms with E-state index in [4.69, 9.17) is 4.52 Å². The second-order valence-corrected chi connectivity index (χ2v) is 6.35. The molecule has 1 fully saturated rings. The lowest BCUT2D eigenvalue weighted by atomic mass is 9.97. The van der Waals surface area contributed by atoms with Gasteiger partial charge in [0.25, 0.3) is 5.91 Å². The zero-order valence-electron chi connectivity index (χ0n) is 13.1. The molecule has 0 spiro atoms. The lowest BCUT2D eigenvalue weighted by Crippen LogP contribution is -2.39. The minimum Gasteiger partial charge on any atom is -0.351 e. The van der Waals surface area contributed by atoms with Crippen LogP contribution in [0.3, 0.4) is 0 Å². The van der Waals surface area contributed by atoms with Gasteiger partial charge in [-0.15, -0.1) is 0 Å². The van der Waals surface area contributed by atoms with Crippen LogP contribution >= 0.6 is 0 Å². The van der Waals surface area contributed by atoms with Crippen LogP contribution in [0.5, 0.6) is 0 Å². The van der Waals surface area contributed by atoms with Crippen LogP contribution in [0.25, 0.3) is 0 Å². The van der Waals surface area contributed by atoms with Crippen molar-refractivity contribution in [1.29, 1.82) is 0 Å². The number of carbonyl (C=O) groups excluding carboxylic acids is 1. The maximum atomic E-state index is 12.6. The van der Waals surface area contributed by atoms with Crippen LogP contribution in [0, 0.1) is 5.92 Å². The smallest absolute Gasteiger partial charge is 0.292 e. The van der Waals surface area contributed by atoms with Crippen molar-refractivity contribution < 1.29 is 9.32 Å². The molecule has 1 N–H and O–H groups in total. The molecule has 0 saturated carbocycles. The van der Waals surface area contributed by atoms with Crippen molar-refractivity contribution in [2.75, 3.05) is 13.1 Å². The highest BCUT2D eigenvalue weighted by atomic mass is 16.5. The summed E-state index contributed by atoms with van der Waals surface area (Å²) in [7, 11) is 0. The van der Waals surface area contributed by atoms with Crippen LogP contribution in [0.4, 0.5) is 0 Å². The summed E-state index contributed by atoms with van der Waals surface area (Å²) in [6.07, 6.45) is 6.43. The standard InChI is InChI=1S/C16H22N4O2/c1-11(2)8-13-9-14(22-19-13)16(21)20-7-3-4-12(10-20)15-17-5-6-18-15/h5-6,9,11-12H,3-4,7-8,10H2,1-2H3,(H,17,18)/t12-/m0/s1. The number of nitrogens with zero attached hydrogens (tertiary/aromatic N) is 3. The number of hydrogen-bond donors (Lipinski definition) is 1. The summed E-state index contributed by atoms with van der Waals surface area (Å²) >= 11 is 0. The molecule has 3 rings (SSSR count). The molecule has 0 unspecified atom stereocenters. The van der Waals surface area contributed by atoms with E-state index >= 15 is 0 Å². The molecule has 0 aliphatic carbocycles. The lowest BCUT2D eigenvalue weighted by Gasteiger charge is -2.31. The summed E-state index contributed by atoms with van der Waals surface area (Å²) in [6, 6.07) is 1.78. The molecule has 3 heterocycles. The van der Waals surface area contributed by atoms with E-state index in [1.54, 1.807) is 12.3 Å². The monoisotopic (exact) mass is 302 g/mol. The van der Waals surface area contributed by atoms with Crippen LogP contribution in [0.2, 0.25) is 0 Å². The van der Waals surface area contributed by atoms with Crippen LogP contribution < -0.4 is 0 Å². The first-order valence-electron chi connectivity index (χ1n) is 7.87. The number of rotatable bonds is 4. The summed E-state index contributed by atoms with van der Waals surface area (Å²) in [6.45, 7) is 5.67. The first kappa shape index (κ1) is 14.8. The van der Waals surface area contributed by atoms with Gasteiger partial charge in [0.1, 0.15) is 5.82 Å². The van der Waals surface area contributed by atoms with Crippen molar-refractivity contribution in [3.8, 4) is 0 Å². The normalized spacial score (nSPS) is 18.9. The predicted octanol–water partition coefficient (Wildman–Crippen LogP) is 2.62. The number of hydrogen-bond acceptors (Lipinski definition) is 4. The fourth-order valence-electron chi connectivity index (χ4n) is 2.97. The number of aromatic nitrogens is 3. The van der Waals surface area contributed by atoms with Gasteiger partial charge in [0.05, 0.1) is 5.69 Å². The molecule has 6 nitrogen and oxygen atoms in total. The molecular formula is C16H22N4O2. The fraction of sp³-hybridized carbons (Fsp3) is 0.562. The number of aromatic amines is 1. The SMILES string of the molecule is CC(C)Cc1cc(C(=O)N2CCC[C@H](c3ncc[nH]3)C2)on1. The van der Waals surface area contributed by atoms with E-state index in [1.165, 1.54) is 0 Å². The Balaban J connectivity index is 1.67. The van der Waals surface area contributed by atoms with Crippen molar-refractivity contribution in [3.63, 3.8) is 0 Å². The fourth-order valence-corrected chi connectivity index (χ4v) is 2.97. The Labute approximate surface area is 129 Å². The lowest BCUT2D eigenvalue weighted by molar-refractivity contribution is 0.0662. The second kappa shape index (κ2) is 6.34. The van der Waals surface area contributed by atoms with Gasteiger partial charge >= 0.3 is 0 Å². The van der Waals surface area contributed by atoms with Gasteiger partial charge in [-0.25, -0.2) is 4.98 Å². The quantitative estimate of drug-likeness (QED) is 0.942. The molecule has 1 amide bonds. The highest BCUT2D eigenvalue weighted by Crippen LogP contribution is 2.25. The van der Waals surface area contributed by atoms with E-state index in [2.05, 4.69) is 29.0 Å². The average Bonchev–Trinajstić information content (AvgIpc) is 3.17. The minimum absolute atomic E-state index is 0.0706. The largest absolute Gasteiger partial charge is 0.351 e. The maximum Gasteiger partial charge on any atom is 0.292 e. The average molecular weight is 302 g/mol. The summed E-state index contributed by atoms with van der Waals surface area (Å²) in [5.41, 5.74) is 0.845. The van der Waals surface area contributed by atoms with Crippen molar-refractivity contribution >= 4 is 5.91 Å². The molecule has 2 aromatic rings. The molecule has 0 bridgehead atoms. The van der Waals surface area contributed by atoms with Gasteiger partial charge in [-0.1, -0.05) is 19.0 Å². The highest BCUT2D eigenvalue weighted by molar-refractivity contribution is 5.91. The van der Waals surface area contributed by atoms with E-state index in [-0.39, 0.29) is 11.8 Å². The number of H-pyrrole nitrogens is 1. The van der Waals surface area contributed by atoms with Crippen LogP contribution in [-0.2, 0) is 6.42 Å². The summed E-state index contributed by atoms with van der Waals surface area (Å²) < 4.78 is 5.24. The van der Waals surface area contributed by atoms with E-state index in [1.807, 2.05) is 11.1 Å². The van der Waals surface area contributed by atoms with E-state index in [0.29, 0.717) is 18.2 Å². The number of carbonyl (C=O) groups is 1. The zero-order chi connectivity index (χ0) is 15.5.